The molecule has 2 rings (SSSR count). The summed E-state index contributed by atoms with van der Waals surface area (Å²) in [6, 6.07) is 4.89. The molecule has 2 aromatic heterocycles. The fourth-order valence-electron chi connectivity index (χ4n) is 1.26. The molecular formula is C10H6ClLiN2O2. The predicted octanol–water partition coefficient (Wildman–Crippen LogP) is -1.90. The third-order valence-electron chi connectivity index (χ3n) is 1.96. The summed E-state index contributed by atoms with van der Waals surface area (Å²) >= 11 is 5.71. The summed E-state index contributed by atoms with van der Waals surface area (Å²) in [5.74, 6) is -1.23. The Balaban J connectivity index is 0.00000128. The number of aromatic amines is 1. The van der Waals surface area contributed by atoms with Crippen molar-refractivity contribution in [1.82, 2.24) is 9.97 Å². The molecule has 16 heavy (non-hydrogen) atoms. The number of hydrogen-bond acceptors (Lipinski definition) is 3. The van der Waals surface area contributed by atoms with E-state index in [0.29, 0.717) is 5.15 Å². The van der Waals surface area contributed by atoms with Crippen LogP contribution in [0, 0.1) is 0 Å². The zero-order valence-corrected chi connectivity index (χ0v) is 9.28. The van der Waals surface area contributed by atoms with Crippen LogP contribution in [-0.4, -0.2) is 15.9 Å². The number of H-pyrrole nitrogens is 1. The van der Waals surface area contributed by atoms with E-state index in [4.69, 9.17) is 11.6 Å². The first-order chi connectivity index (χ1) is 7.16. The van der Waals surface area contributed by atoms with Gasteiger partial charge in [-0.2, -0.15) is 0 Å². The second-order valence-corrected chi connectivity index (χ2v) is 3.34. The van der Waals surface area contributed by atoms with Crippen LogP contribution in [0.1, 0.15) is 10.5 Å². The number of hydrogen-bond donors (Lipinski definition) is 1. The molecule has 4 nitrogen and oxygen atoms in total. The van der Waals surface area contributed by atoms with Crippen molar-refractivity contribution in [1.29, 1.82) is 0 Å². The molecular weight excluding hydrogens is 223 g/mol. The number of carboxylic acid groups (broad SMARTS) is 1. The topological polar surface area (TPSA) is 68.8 Å². The summed E-state index contributed by atoms with van der Waals surface area (Å²) in [7, 11) is 0. The summed E-state index contributed by atoms with van der Waals surface area (Å²) in [6.45, 7) is 0. The van der Waals surface area contributed by atoms with Gasteiger partial charge in [-0.1, -0.05) is 11.6 Å². The number of carbonyl (C=O) groups excluding carboxylic acids is 1. The van der Waals surface area contributed by atoms with Crippen molar-refractivity contribution in [3.8, 4) is 11.1 Å². The number of halogens is 1. The monoisotopic (exact) mass is 228 g/mol. The summed E-state index contributed by atoms with van der Waals surface area (Å²) < 4.78 is 0. The molecule has 0 amide bonds. The Bertz CT molecular complexity index is 513. The molecule has 0 saturated carbocycles. The maximum Gasteiger partial charge on any atom is 1.00 e. The SMILES string of the molecule is O=C([O-])c1cc(-c2ccnc(Cl)c2)c[nH]1.[Li+]. The van der Waals surface area contributed by atoms with Crippen molar-refractivity contribution >= 4 is 17.6 Å². The third kappa shape index (κ3) is 2.67. The quantitative estimate of drug-likeness (QED) is 0.482. The molecule has 2 aromatic rings. The van der Waals surface area contributed by atoms with Gasteiger partial charge < -0.3 is 14.9 Å². The average molecular weight is 229 g/mol. The molecule has 0 unspecified atom stereocenters. The number of pyridine rings is 1. The molecule has 0 aliphatic carbocycles. The van der Waals surface area contributed by atoms with Crippen LogP contribution in [0.25, 0.3) is 11.1 Å². The third-order valence-corrected chi connectivity index (χ3v) is 2.17. The Morgan fingerprint density at radius 1 is 1.38 bits per heavy atom. The van der Waals surface area contributed by atoms with E-state index in [1.807, 2.05) is 0 Å². The molecule has 1 N–H and O–H groups in total. The van der Waals surface area contributed by atoms with Crippen LogP contribution in [0.2, 0.25) is 5.15 Å². The summed E-state index contributed by atoms with van der Waals surface area (Å²) in [6.07, 6.45) is 3.14. The summed E-state index contributed by atoms with van der Waals surface area (Å²) in [5.41, 5.74) is 1.58. The molecule has 0 atom stereocenters. The van der Waals surface area contributed by atoms with Crippen LogP contribution in [0.3, 0.4) is 0 Å². The van der Waals surface area contributed by atoms with Gasteiger partial charge in [0.2, 0.25) is 0 Å². The van der Waals surface area contributed by atoms with E-state index < -0.39 is 5.97 Å². The Labute approximate surface area is 109 Å². The zero-order chi connectivity index (χ0) is 10.8. The second kappa shape index (κ2) is 5.22. The molecule has 6 heteroatoms. The molecule has 0 radical (unpaired) electrons. The second-order valence-electron chi connectivity index (χ2n) is 2.96. The maximum absolute atomic E-state index is 10.5. The predicted molar refractivity (Wildman–Crippen MR) is 53.4 cm³/mol. The fraction of sp³-hybridized carbons (Fsp3) is 0. The van der Waals surface area contributed by atoms with Gasteiger partial charge in [-0.25, -0.2) is 4.98 Å². The molecule has 0 saturated heterocycles. The van der Waals surface area contributed by atoms with Crippen LogP contribution < -0.4 is 24.0 Å². The van der Waals surface area contributed by atoms with E-state index in [1.54, 1.807) is 24.5 Å². The number of aromatic nitrogens is 2. The minimum absolute atomic E-state index is 0. The smallest absolute Gasteiger partial charge is 0.543 e. The Morgan fingerprint density at radius 2 is 2.12 bits per heavy atom. The summed E-state index contributed by atoms with van der Waals surface area (Å²) in [5, 5.41) is 10.9. The molecule has 2 heterocycles. The van der Waals surface area contributed by atoms with Crippen molar-refractivity contribution in [3.63, 3.8) is 0 Å². The van der Waals surface area contributed by atoms with E-state index in [9.17, 15) is 9.90 Å². The van der Waals surface area contributed by atoms with Crippen LogP contribution >= 0.6 is 11.6 Å². The molecule has 0 fully saturated rings. The standard InChI is InChI=1S/C10H7ClN2O2.Li/c11-9-4-6(1-2-12-9)7-3-8(10(14)15)13-5-7;/h1-5,13H,(H,14,15);/q;+1/p-1. The molecule has 0 aliphatic rings. The van der Waals surface area contributed by atoms with Gasteiger partial charge in [-0.15, -0.1) is 0 Å². The Hall–Kier alpha value is -1.21. The van der Waals surface area contributed by atoms with Gasteiger partial charge in [0, 0.05) is 12.4 Å². The normalized spacial score (nSPS) is 9.56. The van der Waals surface area contributed by atoms with Gasteiger partial charge >= 0.3 is 18.9 Å². The van der Waals surface area contributed by atoms with Gasteiger partial charge in [0.15, 0.2) is 0 Å². The molecule has 0 aliphatic heterocycles. The van der Waals surface area contributed by atoms with E-state index in [2.05, 4.69) is 9.97 Å². The number of nitrogens with one attached hydrogen (secondary N) is 1. The fourth-order valence-corrected chi connectivity index (χ4v) is 1.43. The first-order valence-corrected chi connectivity index (χ1v) is 4.56. The first kappa shape index (κ1) is 12.9. The molecule has 0 bridgehead atoms. The van der Waals surface area contributed by atoms with Gasteiger partial charge in [0.25, 0.3) is 0 Å². The number of nitrogens with zero attached hydrogens (tertiary/aromatic N) is 1. The van der Waals surface area contributed by atoms with Crippen LogP contribution in [-0.2, 0) is 0 Å². The van der Waals surface area contributed by atoms with Crippen LogP contribution in [0.15, 0.2) is 30.6 Å². The maximum atomic E-state index is 10.5. The Kier molecular flexibility index (Phi) is 4.19. The van der Waals surface area contributed by atoms with Gasteiger partial charge in [0.05, 0.1) is 11.7 Å². The van der Waals surface area contributed by atoms with Gasteiger partial charge in [0.1, 0.15) is 5.15 Å². The van der Waals surface area contributed by atoms with E-state index >= 15 is 0 Å². The van der Waals surface area contributed by atoms with Gasteiger partial charge in [-0.3, -0.25) is 0 Å². The largest absolute Gasteiger partial charge is 1.00 e. The van der Waals surface area contributed by atoms with Crippen molar-refractivity contribution in [3.05, 3.63) is 41.4 Å². The van der Waals surface area contributed by atoms with Gasteiger partial charge in [-0.05, 0) is 29.3 Å². The number of carboxylic acids is 1. The van der Waals surface area contributed by atoms with E-state index in [-0.39, 0.29) is 24.6 Å². The molecule has 76 valence electrons. The average Bonchev–Trinajstić information content (AvgIpc) is 2.66. The van der Waals surface area contributed by atoms with Crippen molar-refractivity contribution < 1.29 is 28.8 Å². The van der Waals surface area contributed by atoms with Crippen molar-refractivity contribution in [2.45, 2.75) is 0 Å². The number of carbonyl (C=O) groups is 1. The molecule has 0 aromatic carbocycles. The van der Waals surface area contributed by atoms with E-state index in [0.717, 1.165) is 11.1 Å². The van der Waals surface area contributed by atoms with Crippen LogP contribution in [0.5, 0.6) is 0 Å². The summed E-state index contributed by atoms with van der Waals surface area (Å²) in [4.78, 5) is 17.0. The van der Waals surface area contributed by atoms with Crippen LogP contribution in [0.4, 0.5) is 0 Å². The number of aromatic carboxylic acids is 1. The van der Waals surface area contributed by atoms with E-state index in [1.165, 1.54) is 6.07 Å². The molecule has 0 spiro atoms. The Morgan fingerprint density at radius 3 is 2.69 bits per heavy atom. The van der Waals surface area contributed by atoms with Crippen molar-refractivity contribution in [2.75, 3.05) is 0 Å². The number of rotatable bonds is 2. The first-order valence-electron chi connectivity index (χ1n) is 4.18. The minimum Gasteiger partial charge on any atom is -0.543 e. The zero-order valence-electron chi connectivity index (χ0n) is 8.53. The minimum atomic E-state index is -1.23. The van der Waals surface area contributed by atoms with Crippen molar-refractivity contribution in [2.24, 2.45) is 0 Å².